The third kappa shape index (κ3) is 91600. The molecule has 0 bridgehead atoms. The summed E-state index contributed by atoms with van der Waals surface area (Å²) in [4.78, 5) is 0. The standard InChI is InChI=1S/2C3H8.CH4O/c2*1-3-2;1-2/h2*3H2,1-2H3;2H,1H3. The topological polar surface area (TPSA) is 20.2 Å². The maximum atomic E-state index is 7.00. The van der Waals surface area contributed by atoms with Crippen molar-refractivity contribution in [1.29, 1.82) is 0 Å². The first-order chi connectivity index (χ1) is 3.83. The third-order valence-electron chi connectivity index (χ3n) is 0. The van der Waals surface area contributed by atoms with Gasteiger partial charge in [-0.3, -0.25) is 0 Å². The number of hydrogen-bond acceptors (Lipinski definition) is 1. The largest absolute Gasteiger partial charge is 0.400 e. The smallest absolute Gasteiger partial charge is 0.0319 e. The fourth-order valence-corrected chi connectivity index (χ4v) is 0. The van der Waals surface area contributed by atoms with Crippen molar-refractivity contribution in [3.05, 3.63) is 0 Å². The zero-order valence-corrected chi connectivity index (χ0v) is 6.86. The van der Waals surface area contributed by atoms with Crippen molar-refractivity contribution >= 4 is 0 Å². The summed E-state index contributed by atoms with van der Waals surface area (Å²) in [6.07, 6.45) is 2.50. The number of aliphatic hydroxyl groups is 1. The first kappa shape index (κ1) is 15.7. The third-order valence-corrected chi connectivity index (χ3v) is 0. The normalized spacial score (nSPS) is 5.25. The molecule has 0 aliphatic carbocycles. The van der Waals surface area contributed by atoms with Crippen molar-refractivity contribution in [2.75, 3.05) is 7.11 Å². The summed E-state index contributed by atoms with van der Waals surface area (Å²) in [5.74, 6) is 0. The van der Waals surface area contributed by atoms with E-state index in [4.69, 9.17) is 5.11 Å². The maximum Gasteiger partial charge on any atom is 0.0319 e. The summed E-state index contributed by atoms with van der Waals surface area (Å²) < 4.78 is 0. The van der Waals surface area contributed by atoms with Gasteiger partial charge >= 0.3 is 0 Å². The Morgan fingerprint density at radius 1 is 0.750 bits per heavy atom. The highest BCUT2D eigenvalue weighted by molar-refractivity contribution is 3.92. The molecule has 0 radical (unpaired) electrons. The Morgan fingerprint density at radius 2 is 0.750 bits per heavy atom. The Labute approximate surface area is 53.7 Å². The van der Waals surface area contributed by atoms with Crippen molar-refractivity contribution in [2.45, 2.75) is 40.5 Å². The second kappa shape index (κ2) is 64.4. The van der Waals surface area contributed by atoms with Crippen molar-refractivity contribution in [1.82, 2.24) is 0 Å². The van der Waals surface area contributed by atoms with Crippen LogP contribution in [0.4, 0.5) is 0 Å². The van der Waals surface area contributed by atoms with Gasteiger partial charge in [0.15, 0.2) is 0 Å². The first-order valence-corrected chi connectivity index (χ1v) is 3.28. The molecular formula is C7H20O. The Morgan fingerprint density at radius 3 is 0.750 bits per heavy atom. The van der Waals surface area contributed by atoms with Crippen LogP contribution in [0.1, 0.15) is 40.5 Å². The number of aliphatic hydroxyl groups excluding tert-OH is 1. The Bertz CT molecular complexity index is 6.35. The minimum Gasteiger partial charge on any atom is -0.400 e. The highest BCUT2D eigenvalue weighted by Gasteiger charge is 1.36. The van der Waals surface area contributed by atoms with Crippen LogP contribution in [0.2, 0.25) is 0 Å². The molecule has 0 aliphatic rings. The fraction of sp³-hybridized carbons (Fsp3) is 1.00. The van der Waals surface area contributed by atoms with Crippen LogP contribution in [-0.4, -0.2) is 12.2 Å². The minimum atomic E-state index is 1.00. The molecule has 0 heterocycles. The first-order valence-electron chi connectivity index (χ1n) is 3.28. The van der Waals surface area contributed by atoms with Gasteiger partial charge in [-0.1, -0.05) is 40.5 Å². The molecule has 1 heteroatoms. The average molecular weight is 120 g/mol. The van der Waals surface area contributed by atoms with E-state index in [1.54, 1.807) is 0 Å². The number of hydrogen-bond donors (Lipinski definition) is 1. The highest BCUT2D eigenvalue weighted by Crippen LogP contribution is 1.56. The molecule has 0 amide bonds. The van der Waals surface area contributed by atoms with Gasteiger partial charge in [-0.15, -0.1) is 0 Å². The Balaban J connectivity index is -0.0000000483. The van der Waals surface area contributed by atoms with Crippen LogP contribution in [0, 0.1) is 0 Å². The van der Waals surface area contributed by atoms with Crippen molar-refractivity contribution in [3.63, 3.8) is 0 Å². The molecule has 8 heavy (non-hydrogen) atoms. The molecule has 0 fully saturated rings. The lowest BCUT2D eigenvalue weighted by molar-refractivity contribution is 0.399. The van der Waals surface area contributed by atoms with E-state index >= 15 is 0 Å². The molecule has 1 nitrogen and oxygen atoms in total. The van der Waals surface area contributed by atoms with Gasteiger partial charge in [-0.05, 0) is 0 Å². The van der Waals surface area contributed by atoms with Gasteiger partial charge in [0.05, 0.1) is 0 Å². The van der Waals surface area contributed by atoms with E-state index in [9.17, 15) is 0 Å². The van der Waals surface area contributed by atoms with Crippen LogP contribution in [-0.2, 0) is 0 Å². The molecule has 0 atom stereocenters. The Kier molecular flexibility index (Phi) is 126. The van der Waals surface area contributed by atoms with Crippen molar-refractivity contribution < 1.29 is 5.11 Å². The zero-order chi connectivity index (χ0) is 7.41. The summed E-state index contributed by atoms with van der Waals surface area (Å²) in [6.45, 7) is 8.50. The molecule has 0 rings (SSSR count). The van der Waals surface area contributed by atoms with E-state index in [0.29, 0.717) is 0 Å². The quantitative estimate of drug-likeness (QED) is 0.520. The van der Waals surface area contributed by atoms with Gasteiger partial charge in [0.2, 0.25) is 0 Å². The monoisotopic (exact) mass is 120 g/mol. The molecule has 0 aromatic heterocycles. The maximum absolute atomic E-state index is 7.00. The van der Waals surface area contributed by atoms with Gasteiger partial charge in [-0.25, -0.2) is 0 Å². The fourth-order valence-electron chi connectivity index (χ4n) is 0. The predicted octanol–water partition coefficient (Wildman–Crippen LogP) is 2.44. The van der Waals surface area contributed by atoms with E-state index in [2.05, 4.69) is 27.7 Å². The van der Waals surface area contributed by atoms with E-state index in [1.165, 1.54) is 12.8 Å². The molecule has 0 saturated carbocycles. The zero-order valence-electron chi connectivity index (χ0n) is 6.86. The van der Waals surface area contributed by atoms with Crippen LogP contribution in [0.15, 0.2) is 0 Å². The lowest BCUT2D eigenvalue weighted by Gasteiger charge is -1.48. The molecule has 0 spiro atoms. The SMILES string of the molecule is CCC.CCC.CO. The van der Waals surface area contributed by atoms with Gasteiger partial charge in [0, 0.05) is 7.11 Å². The van der Waals surface area contributed by atoms with Crippen LogP contribution in [0.3, 0.4) is 0 Å². The van der Waals surface area contributed by atoms with Crippen LogP contribution in [0.5, 0.6) is 0 Å². The van der Waals surface area contributed by atoms with Gasteiger partial charge < -0.3 is 5.11 Å². The second-order valence-electron chi connectivity index (χ2n) is 1.41. The van der Waals surface area contributed by atoms with E-state index in [-0.39, 0.29) is 0 Å². The second-order valence-corrected chi connectivity index (χ2v) is 1.41. The van der Waals surface area contributed by atoms with Crippen LogP contribution >= 0.6 is 0 Å². The molecule has 0 saturated heterocycles. The molecule has 1 N–H and O–H groups in total. The average Bonchev–Trinajstić information content (AvgIpc) is 1.75. The van der Waals surface area contributed by atoms with E-state index in [1.807, 2.05) is 0 Å². The molecular weight excluding hydrogens is 100 g/mol. The van der Waals surface area contributed by atoms with Crippen LogP contribution < -0.4 is 0 Å². The Hall–Kier alpha value is -0.0400. The molecule has 54 valence electrons. The minimum absolute atomic E-state index is 1.00. The van der Waals surface area contributed by atoms with Gasteiger partial charge in [-0.2, -0.15) is 0 Å². The molecule has 0 aromatic rings. The summed E-state index contributed by atoms with van der Waals surface area (Å²) in [7, 11) is 1.00. The lowest BCUT2D eigenvalue weighted by atomic mass is 10.6. The van der Waals surface area contributed by atoms with Gasteiger partial charge in [0.1, 0.15) is 0 Å². The van der Waals surface area contributed by atoms with Crippen LogP contribution in [0.25, 0.3) is 0 Å². The van der Waals surface area contributed by atoms with Crippen molar-refractivity contribution in [3.8, 4) is 0 Å². The predicted molar refractivity (Wildman–Crippen MR) is 40.1 cm³/mol. The van der Waals surface area contributed by atoms with Gasteiger partial charge in [0.25, 0.3) is 0 Å². The number of rotatable bonds is 0. The summed E-state index contributed by atoms with van der Waals surface area (Å²) in [6, 6.07) is 0. The lowest BCUT2D eigenvalue weighted by Crippen LogP contribution is -1.27. The van der Waals surface area contributed by atoms with E-state index in [0.717, 1.165) is 7.11 Å². The molecule has 0 aromatic carbocycles. The molecule has 0 unspecified atom stereocenters. The van der Waals surface area contributed by atoms with Crippen molar-refractivity contribution in [2.24, 2.45) is 0 Å². The molecule has 0 aliphatic heterocycles. The summed E-state index contributed by atoms with van der Waals surface area (Å²) in [5.41, 5.74) is 0. The summed E-state index contributed by atoms with van der Waals surface area (Å²) >= 11 is 0. The highest BCUT2D eigenvalue weighted by atomic mass is 16.2. The summed E-state index contributed by atoms with van der Waals surface area (Å²) in [5, 5.41) is 7.00. The van der Waals surface area contributed by atoms with E-state index < -0.39 is 0 Å².